The van der Waals surface area contributed by atoms with Gasteiger partial charge in [-0.25, -0.2) is 14.8 Å². The standard InChI is InChI=1S/C23H29N5O4S/c1-23(2,3)21-25-18-17(20(30)28(5)22(31)27(18)4)19(26-21)33-13-16(29)24-12-11-14-7-9-15(32-6)10-8-14/h7-10H,11-13H2,1-6H3,(H,24,29). The fraction of sp³-hybridized carbons (Fsp3) is 0.435. The van der Waals surface area contributed by atoms with Crippen molar-refractivity contribution in [2.75, 3.05) is 19.4 Å². The van der Waals surface area contributed by atoms with Crippen molar-refractivity contribution in [2.24, 2.45) is 14.1 Å². The van der Waals surface area contributed by atoms with E-state index in [1.165, 1.54) is 23.4 Å². The summed E-state index contributed by atoms with van der Waals surface area (Å²) in [5, 5.41) is 3.53. The summed E-state index contributed by atoms with van der Waals surface area (Å²) in [4.78, 5) is 46.8. The van der Waals surface area contributed by atoms with E-state index in [-0.39, 0.29) is 22.7 Å². The van der Waals surface area contributed by atoms with Gasteiger partial charge in [-0.1, -0.05) is 44.7 Å². The van der Waals surface area contributed by atoms with E-state index in [0.717, 1.165) is 15.9 Å². The highest BCUT2D eigenvalue weighted by Crippen LogP contribution is 2.26. The van der Waals surface area contributed by atoms with Crippen LogP contribution in [0.1, 0.15) is 32.2 Å². The van der Waals surface area contributed by atoms with Crippen LogP contribution in [-0.2, 0) is 30.7 Å². The Morgan fingerprint density at radius 1 is 1.09 bits per heavy atom. The Kier molecular flexibility index (Phi) is 7.26. The number of amides is 1. The van der Waals surface area contributed by atoms with Crippen LogP contribution in [0.15, 0.2) is 38.9 Å². The van der Waals surface area contributed by atoms with Crippen LogP contribution in [0.2, 0.25) is 0 Å². The molecule has 2 aromatic heterocycles. The average Bonchev–Trinajstić information content (AvgIpc) is 2.79. The van der Waals surface area contributed by atoms with Crippen LogP contribution in [0.3, 0.4) is 0 Å². The molecular weight excluding hydrogens is 442 g/mol. The van der Waals surface area contributed by atoms with E-state index in [1.807, 2.05) is 45.0 Å². The van der Waals surface area contributed by atoms with Crippen molar-refractivity contribution in [3.05, 3.63) is 56.5 Å². The molecule has 33 heavy (non-hydrogen) atoms. The lowest BCUT2D eigenvalue weighted by molar-refractivity contribution is -0.118. The van der Waals surface area contributed by atoms with E-state index < -0.39 is 16.7 Å². The second-order valence-electron chi connectivity index (χ2n) is 8.74. The van der Waals surface area contributed by atoms with E-state index in [2.05, 4.69) is 15.3 Å². The molecular formula is C23H29N5O4S. The second kappa shape index (κ2) is 9.78. The number of benzene rings is 1. The minimum absolute atomic E-state index is 0.0876. The number of aromatic nitrogens is 4. The van der Waals surface area contributed by atoms with E-state index >= 15 is 0 Å². The highest BCUT2D eigenvalue weighted by atomic mass is 32.2. The van der Waals surface area contributed by atoms with Crippen LogP contribution >= 0.6 is 11.8 Å². The van der Waals surface area contributed by atoms with E-state index in [4.69, 9.17) is 4.74 Å². The van der Waals surface area contributed by atoms with E-state index in [0.29, 0.717) is 23.8 Å². The van der Waals surface area contributed by atoms with Gasteiger partial charge in [-0.15, -0.1) is 0 Å². The van der Waals surface area contributed by atoms with Crippen molar-refractivity contribution in [1.29, 1.82) is 0 Å². The van der Waals surface area contributed by atoms with Crippen molar-refractivity contribution in [3.63, 3.8) is 0 Å². The predicted molar refractivity (Wildman–Crippen MR) is 129 cm³/mol. The third kappa shape index (κ3) is 5.44. The van der Waals surface area contributed by atoms with Crippen LogP contribution in [0.4, 0.5) is 0 Å². The van der Waals surface area contributed by atoms with Gasteiger partial charge < -0.3 is 10.1 Å². The summed E-state index contributed by atoms with van der Waals surface area (Å²) in [7, 11) is 4.61. The molecule has 0 spiro atoms. The molecule has 0 atom stereocenters. The van der Waals surface area contributed by atoms with Gasteiger partial charge in [0.25, 0.3) is 5.56 Å². The van der Waals surface area contributed by atoms with Gasteiger partial charge in [0.15, 0.2) is 5.65 Å². The van der Waals surface area contributed by atoms with Crippen molar-refractivity contribution in [1.82, 2.24) is 24.4 Å². The summed E-state index contributed by atoms with van der Waals surface area (Å²) in [6.45, 7) is 6.34. The fourth-order valence-corrected chi connectivity index (χ4v) is 4.04. The van der Waals surface area contributed by atoms with Crippen molar-refractivity contribution in [2.45, 2.75) is 37.6 Å². The average molecular weight is 472 g/mol. The molecule has 3 aromatic rings. The minimum Gasteiger partial charge on any atom is -0.497 e. The number of rotatable bonds is 7. The first-order chi connectivity index (χ1) is 15.5. The van der Waals surface area contributed by atoms with Crippen LogP contribution in [0, 0.1) is 0 Å². The molecule has 1 aromatic carbocycles. The number of aryl methyl sites for hydroxylation is 1. The zero-order valence-corrected chi connectivity index (χ0v) is 20.6. The van der Waals surface area contributed by atoms with Crippen molar-refractivity contribution >= 4 is 28.7 Å². The number of ether oxygens (including phenoxy) is 1. The molecule has 2 heterocycles. The summed E-state index contributed by atoms with van der Waals surface area (Å²) >= 11 is 1.17. The number of nitrogens with zero attached hydrogens (tertiary/aromatic N) is 4. The number of carbonyl (C=O) groups excluding carboxylic acids is 1. The maximum Gasteiger partial charge on any atom is 0.332 e. The van der Waals surface area contributed by atoms with Crippen LogP contribution in [0.25, 0.3) is 11.0 Å². The molecule has 1 amide bonds. The largest absolute Gasteiger partial charge is 0.497 e. The summed E-state index contributed by atoms with van der Waals surface area (Å²) in [5.41, 5.74) is 0.0193. The van der Waals surface area contributed by atoms with Crippen LogP contribution in [-0.4, -0.2) is 44.4 Å². The number of thioether (sulfide) groups is 1. The van der Waals surface area contributed by atoms with Gasteiger partial charge in [0, 0.05) is 26.1 Å². The first-order valence-corrected chi connectivity index (χ1v) is 11.5. The van der Waals surface area contributed by atoms with Gasteiger partial charge >= 0.3 is 5.69 Å². The zero-order valence-electron chi connectivity index (χ0n) is 19.8. The molecule has 0 aliphatic heterocycles. The number of fused-ring (bicyclic) bond motifs is 1. The Hall–Kier alpha value is -3.14. The SMILES string of the molecule is COc1ccc(CCNC(=O)CSc2nc(C(C)(C)C)nc3c2c(=O)n(C)c(=O)n3C)cc1. The van der Waals surface area contributed by atoms with Gasteiger partial charge in [-0.05, 0) is 24.1 Å². The molecule has 0 saturated heterocycles. The van der Waals surface area contributed by atoms with Crippen molar-refractivity contribution < 1.29 is 9.53 Å². The maximum absolute atomic E-state index is 12.8. The third-order valence-corrected chi connectivity index (χ3v) is 6.15. The lowest BCUT2D eigenvalue weighted by Crippen LogP contribution is -2.38. The molecule has 1 N–H and O–H groups in total. The summed E-state index contributed by atoms with van der Waals surface area (Å²) in [6.07, 6.45) is 0.688. The predicted octanol–water partition coefficient (Wildman–Crippen LogP) is 1.78. The van der Waals surface area contributed by atoms with Crippen molar-refractivity contribution in [3.8, 4) is 5.75 Å². The Morgan fingerprint density at radius 3 is 2.36 bits per heavy atom. The Labute approximate surface area is 196 Å². The van der Waals surface area contributed by atoms with Gasteiger partial charge in [0.2, 0.25) is 5.91 Å². The van der Waals surface area contributed by atoms with Gasteiger partial charge in [-0.2, -0.15) is 0 Å². The highest BCUT2D eigenvalue weighted by Gasteiger charge is 2.24. The smallest absolute Gasteiger partial charge is 0.332 e. The summed E-state index contributed by atoms with van der Waals surface area (Å²) < 4.78 is 7.52. The third-order valence-electron chi connectivity index (χ3n) is 5.17. The quantitative estimate of drug-likeness (QED) is 0.413. The summed E-state index contributed by atoms with van der Waals surface area (Å²) in [5.74, 6) is 1.21. The highest BCUT2D eigenvalue weighted by molar-refractivity contribution is 8.00. The van der Waals surface area contributed by atoms with Gasteiger partial charge in [0.1, 0.15) is 22.0 Å². The molecule has 0 aliphatic carbocycles. The molecule has 0 radical (unpaired) electrons. The van der Waals surface area contributed by atoms with E-state index in [1.54, 1.807) is 14.2 Å². The first-order valence-electron chi connectivity index (χ1n) is 10.5. The second-order valence-corrected chi connectivity index (χ2v) is 9.71. The molecule has 3 rings (SSSR count). The number of hydrogen-bond donors (Lipinski definition) is 1. The Morgan fingerprint density at radius 2 is 1.76 bits per heavy atom. The monoisotopic (exact) mass is 471 g/mol. The Balaban J connectivity index is 1.79. The zero-order chi connectivity index (χ0) is 24.3. The molecule has 0 fully saturated rings. The number of nitrogens with one attached hydrogen (secondary N) is 1. The maximum atomic E-state index is 12.8. The topological polar surface area (TPSA) is 108 Å². The van der Waals surface area contributed by atoms with Gasteiger partial charge in [-0.3, -0.25) is 18.7 Å². The molecule has 9 nitrogen and oxygen atoms in total. The Bertz CT molecular complexity index is 1290. The molecule has 0 unspecified atom stereocenters. The van der Waals surface area contributed by atoms with Crippen LogP contribution in [0.5, 0.6) is 5.75 Å². The van der Waals surface area contributed by atoms with Crippen LogP contribution < -0.4 is 21.3 Å². The first kappa shape index (κ1) is 24.5. The molecule has 0 bridgehead atoms. The minimum atomic E-state index is -0.476. The molecule has 0 saturated carbocycles. The van der Waals surface area contributed by atoms with Gasteiger partial charge in [0.05, 0.1) is 12.9 Å². The normalized spacial score (nSPS) is 11.6. The number of hydrogen-bond acceptors (Lipinski definition) is 7. The molecule has 10 heteroatoms. The molecule has 176 valence electrons. The molecule has 0 aliphatic rings. The summed E-state index contributed by atoms with van der Waals surface area (Å²) in [6, 6.07) is 7.68. The number of methoxy groups -OCH3 is 1. The van der Waals surface area contributed by atoms with E-state index in [9.17, 15) is 14.4 Å². The lowest BCUT2D eigenvalue weighted by Gasteiger charge is -2.19. The fourth-order valence-electron chi connectivity index (χ4n) is 3.19. The number of carbonyl (C=O) groups is 1. The lowest BCUT2D eigenvalue weighted by atomic mass is 9.96.